The van der Waals surface area contributed by atoms with Crippen LogP contribution in [0.4, 0.5) is 0 Å². The number of aliphatic hydroxyl groups is 1. The molecular formula is C20H32BrN3O5. The molecule has 3 unspecified atom stereocenters. The number of unbranched alkanes of at least 4 members (excludes halogenated alkanes) is 1. The molecule has 8 nitrogen and oxygen atoms in total. The fraction of sp³-hybridized carbons (Fsp3) is 0.850. The van der Waals surface area contributed by atoms with Gasteiger partial charge in [0.15, 0.2) is 0 Å². The van der Waals surface area contributed by atoms with Gasteiger partial charge in [0.2, 0.25) is 17.7 Å². The highest BCUT2D eigenvalue weighted by Crippen LogP contribution is 2.60. The maximum atomic E-state index is 13.5. The minimum Gasteiger partial charge on any atom is -0.394 e. The Kier molecular flexibility index (Phi) is 6.90. The number of carbonyl (C=O) groups excluding carboxylic acids is 3. The second-order valence-electron chi connectivity index (χ2n) is 8.38. The summed E-state index contributed by atoms with van der Waals surface area (Å²) in [5.74, 6) is -2.11. The molecule has 0 aliphatic carbocycles. The van der Waals surface area contributed by atoms with E-state index in [1.807, 2.05) is 13.8 Å². The molecule has 164 valence electrons. The molecule has 9 heteroatoms. The van der Waals surface area contributed by atoms with Gasteiger partial charge in [-0.2, -0.15) is 0 Å². The zero-order valence-electron chi connectivity index (χ0n) is 17.3. The Morgan fingerprint density at radius 3 is 2.59 bits per heavy atom. The molecule has 3 N–H and O–H groups in total. The van der Waals surface area contributed by atoms with Crippen molar-refractivity contribution in [3.63, 3.8) is 0 Å². The van der Waals surface area contributed by atoms with E-state index in [4.69, 9.17) is 4.74 Å². The molecular weight excluding hydrogens is 442 g/mol. The van der Waals surface area contributed by atoms with Crippen molar-refractivity contribution >= 4 is 33.7 Å². The number of ether oxygens (including phenoxy) is 1. The lowest BCUT2D eigenvalue weighted by atomic mass is 9.70. The van der Waals surface area contributed by atoms with Crippen LogP contribution in [0.3, 0.4) is 0 Å². The molecule has 29 heavy (non-hydrogen) atoms. The van der Waals surface area contributed by atoms with Crippen molar-refractivity contribution in [2.75, 3.05) is 19.7 Å². The van der Waals surface area contributed by atoms with Gasteiger partial charge in [0.1, 0.15) is 11.6 Å². The zero-order valence-corrected chi connectivity index (χ0v) is 18.9. The standard InChI is InChI=1S/C20H32BrN3O5/c1-4-6-8-23-18(27)16-20-9-12(21)15(29-20)13(17(26)22-7-5-2)14(20)19(28)24(16)11(3)10-25/h11-16,25H,4-10H2,1-3H3,(H,22,26)(H,23,27)/t11-,12?,13-,14+,15-,16?,20?/m1/s1. The molecule has 0 radical (unpaired) electrons. The van der Waals surface area contributed by atoms with Gasteiger partial charge in [0, 0.05) is 17.9 Å². The first kappa shape index (κ1) is 22.5. The molecule has 3 amide bonds. The molecule has 2 bridgehead atoms. The lowest BCUT2D eigenvalue weighted by Gasteiger charge is -2.35. The molecule has 3 heterocycles. The molecule has 3 saturated heterocycles. The van der Waals surface area contributed by atoms with Crippen molar-refractivity contribution < 1.29 is 24.2 Å². The average Bonchev–Trinajstić information content (AvgIpc) is 3.29. The van der Waals surface area contributed by atoms with Crippen molar-refractivity contribution in [2.45, 2.75) is 75.1 Å². The molecule has 3 fully saturated rings. The number of nitrogens with one attached hydrogen (secondary N) is 2. The Bertz CT molecular complexity index is 662. The first-order valence-corrected chi connectivity index (χ1v) is 11.6. The van der Waals surface area contributed by atoms with E-state index >= 15 is 0 Å². The van der Waals surface area contributed by atoms with Gasteiger partial charge in [-0.3, -0.25) is 14.4 Å². The minimum absolute atomic E-state index is 0.112. The van der Waals surface area contributed by atoms with Gasteiger partial charge in [-0.15, -0.1) is 0 Å². The van der Waals surface area contributed by atoms with Crippen LogP contribution in [0.2, 0.25) is 0 Å². The Balaban J connectivity index is 1.97. The smallest absolute Gasteiger partial charge is 0.245 e. The molecule has 0 aromatic heterocycles. The van der Waals surface area contributed by atoms with Crippen LogP contribution in [0, 0.1) is 11.8 Å². The van der Waals surface area contributed by atoms with Crippen LogP contribution < -0.4 is 10.6 Å². The molecule has 0 aromatic rings. The number of carbonyl (C=O) groups is 3. The number of amides is 3. The third kappa shape index (κ3) is 3.59. The number of nitrogens with zero attached hydrogens (tertiary/aromatic N) is 1. The molecule has 3 aliphatic rings. The van der Waals surface area contributed by atoms with E-state index in [0.717, 1.165) is 19.3 Å². The molecule has 1 spiro atoms. The zero-order chi connectivity index (χ0) is 21.3. The summed E-state index contributed by atoms with van der Waals surface area (Å²) in [6.45, 7) is 6.50. The highest BCUT2D eigenvalue weighted by Gasteiger charge is 2.76. The predicted octanol–water partition coefficient (Wildman–Crippen LogP) is 0.558. The summed E-state index contributed by atoms with van der Waals surface area (Å²) in [4.78, 5) is 40.9. The molecule has 0 aromatic carbocycles. The Morgan fingerprint density at radius 2 is 1.97 bits per heavy atom. The topological polar surface area (TPSA) is 108 Å². The average molecular weight is 474 g/mol. The molecule has 3 rings (SSSR count). The van der Waals surface area contributed by atoms with E-state index in [-0.39, 0.29) is 29.2 Å². The van der Waals surface area contributed by atoms with Gasteiger partial charge in [-0.05, 0) is 26.2 Å². The first-order chi connectivity index (χ1) is 13.8. The van der Waals surface area contributed by atoms with E-state index in [9.17, 15) is 19.5 Å². The van der Waals surface area contributed by atoms with Crippen molar-refractivity contribution in [1.29, 1.82) is 0 Å². The summed E-state index contributed by atoms with van der Waals surface area (Å²) in [7, 11) is 0. The predicted molar refractivity (Wildman–Crippen MR) is 110 cm³/mol. The van der Waals surface area contributed by atoms with E-state index in [0.29, 0.717) is 19.5 Å². The summed E-state index contributed by atoms with van der Waals surface area (Å²) >= 11 is 3.62. The van der Waals surface area contributed by atoms with Crippen molar-refractivity contribution in [3.8, 4) is 0 Å². The van der Waals surface area contributed by atoms with Crippen LogP contribution in [0.5, 0.6) is 0 Å². The summed E-state index contributed by atoms with van der Waals surface area (Å²) in [6, 6.07) is -1.40. The monoisotopic (exact) mass is 473 g/mol. The number of alkyl halides is 1. The van der Waals surface area contributed by atoms with Crippen molar-refractivity contribution in [2.24, 2.45) is 11.8 Å². The highest BCUT2D eigenvalue weighted by molar-refractivity contribution is 9.09. The van der Waals surface area contributed by atoms with Gasteiger partial charge in [-0.1, -0.05) is 36.2 Å². The van der Waals surface area contributed by atoms with Crippen LogP contribution >= 0.6 is 15.9 Å². The van der Waals surface area contributed by atoms with Crippen LogP contribution in [0.25, 0.3) is 0 Å². The normalized spacial score (nSPS) is 36.2. The van der Waals surface area contributed by atoms with Gasteiger partial charge >= 0.3 is 0 Å². The maximum absolute atomic E-state index is 13.5. The second-order valence-corrected chi connectivity index (χ2v) is 9.55. The Labute approximate surface area is 180 Å². The van der Waals surface area contributed by atoms with Crippen LogP contribution in [-0.4, -0.2) is 76.0 Å². The largest absolute Gasteiger partial charge is 0.394 e. The van der Waals surface area contributed by atoms with Crippen LogP contribution in [0.1, 0.15) is 46.5 Å². The van der Waals surface area contributed by atoms with Crippen LogP contribution in [-0.2, 0) is 19.1 Å². The summed E-state index contributed by atoms with van der Waals surface area (Å²) < 4.78 is 6.33. The lowest BCUT2D eigenvalue weighted by Crippen LogP contribution is -2.57. The van der Waals surface area contributed by atoms with Crippen LogP contribution in [0.15, 0.2) is 0 Å². The number of hydrogen-bond donors (Lipinski definition) is 3. The number of hydrogen-bond acceptors (Lipinski definition) is 5. The van der Waals surface area contributed by atoms with E-state index in [2.05, 4.69) is 26.6 Å². The van der Waals surface area contributed by atoms with Crippen molar-refractivity contribution in [1.82, 2.24) is 15.5 Å². The van der Waals surface area contributed by atoms with E-state index in [1.165, 1.54) is 4.90 Å². The van der Waals surface area contributed by atoms with Gasteiger partial charge in [0.05, 0.1) is 30.6 Å². The molecule has 3 aliphatic heterocycles. The fourth-order valence-electron chi connectivity index (χ4n) is 5.08. The second kappa shape index (κ2) is 8.89. The number of halogens is 1. The fourth-order valence-corrected chi connectivity index (χ4v) is 6.02. The Hall–Kier alpha value is -1.19. The van der Waals surface area contributed by atoms with E-state index < -0.39 is 35.6 Å². The van der Waals surface area contributed by atoms with Crippen molar-refractivity contribution in [3.05, 3.63) is 0 Å². The first-order valence-electron chi connectivity index (χ1n) is 10.6. The lowest BCUT2D eigenvalue weighted by molar-refractivity contribution is -0.145. The summed E-state index contributed by atoms with van der Waals surface area (Å²) in [5.41, 5.74) is -1.05. The number of likely N-dealkylation sites (tertiary alicyclic amines) is 1. The minimum atomic E-state index is -1.05. The van der Waals surface area contributed by atoms with E-state index in [1.54, 1.807) is 6.92 Å². The maximum Gasteiger partial charge on any atom is 0.245 e. The number of rotatable bonds is 9. The Morgan fingerprint density at radius 1 is 1.28 bits per heavy atom. The highest BCUT2D eigenvalue weighted by atomic mass is 79.9. The number of aliphatic hydroxyl groups excluding tert-OH is 1. The van der Waals surface area contributed by atoms with Gasteiger partial charge in [0.25, 0.3) is 0 Å². The van der Waals surface area contributed by atoms with Gasteiger partial charge in [-0.25, -0.2) is 0 Å². The molecule has 0 saturated carbocycles. The third-order valence-electron chi connectivity index (χ3n) is 6.40. The molecule has 7 atom stereocenters. The quantitative estimate of drug-likeness (QED) is 0.334. The third-order valence-corrected chi connectivity index (χ3v) is 7.24. The summed E-state index contributed by atoms with van der Waals surface area (Å²) in [5, 5.41) is 15.6. The summed E-state index contributed by atoms with van der Waals surface area (Å²) in [6.07, 6.45) is 2.60. The number of fused-ring (bicyclic) bond motifs is 1. The van der Waals surface area contributed by atoms with Gasteiger partial charge < -0.3 is 25.4 Å². The SMILES string of the molecule is CCCCNC(=O)C1N([C@H](C)CO)C(=O)[C@@H]2[C@@H](C(=O)NCCC)[C@@H]3OC12CC3Br.